The van der Waals surface area contributed by atoms with E-state index in [0.717, 1.165) is 24.0 Å². The lowest BCUT2D eigenvalue weighted by Crippen LogP contribution is -2.15. The zero-order valence-corrected chi connectivity index (χ0v) is 20.8. The Labute approximate surface area is 221 Å². The molecule has 39 heavy (non-hydrogen) atoms. The Morgan fingerprint density at radius 1 is 1.13 bits per heavy atom. The Morgan fingerprint density at radius 3 is 2.64 bits per heavy atom. The second kappa shape index (κ2) is 11.6. The molecule has 0 aliphatic heterocycles. The third kappa shape index (κ3) is 6.58. The molecule has 0 bridgehead atoms. The van der Waals surface area contributed by atoms with Gasteiger partial charge in [-0.25, -0.2) is 4.39 Å². The van der Waals surface area contributed by atoms with Crippen LogP contribution in [0.4, 0.5) is 17.6 Å². The van der Waals surface area contributed by atoms with Gasteiger partial charge in [0, 0.05) is 23.1 Å². The molecule has 0 aliphatic carbocycles. The number of benzene rings is 3. The summed E-state index contributed by atoms with van der Waals surface area (Å²) in [5.74, 6) is -1.13. The van der Waals surface area contributed by atoms with Crippen molar-refractivity contribution in [2.45, 2.75) is 38.8 Å². The summed E-state index contributed by atoms with van der Waals surface area (Å²) < 4.78 is 71.5. The molecular formula is C29H25F4NO5. The summed E-state index contributed by atoms with van der Waals surface area (Å²) in [6.45, 7) is 1.60. The molecule has 0 spiro atoms. The van der Waals surface area contributed by atoms with Gasteiger partial charge in [0.05, 0.1) is 12.7 Å². The van der Waals surface area contributed by atoms with Crippen molar-refractivity contribution in [3.05, 3.63) is 101 Å². The average Bonchev–Trinajstić information content (AvgIpc) is 3.32. The molecule has 1 atom stereocenters. The summed E-state index contributed by atoms with van der Waals surface area (Å²) in [5.41, 5.74) is 7.30. The van der Waals surface area contributed by atoms with Gasteiger partial charge in [-0.3, -0.25) is 4.79 Å². The van der Waals surface area contributed by atoms with Gasteiger partial charge in [0.2, 0.25) is 0 Å². The first-order valence-electron chi connectivity index (χ1n) is 11.9. The summed E-state index contributed by atoms with van der Waals surface area (Å²) in [7, 11) is 0. The number of hydrogen-bond donors (Lipinski definition) is 2. The van der Waals surface area contributed by atoms with E-state index in [4.69, 9.17) is 24.7 Å². The number of carbonyl (C=O) groups is 1. The number of aliphatic hydroxyl groups is 1. The van der Waals surface area contributed by atoms with Crippen LogP contribution in [0, 0.1) is 5.82 Å². The van der Waals surface area contributed by atoms with E-state index in [-0.39, 0.29) is 41.9 Å². The third-order valence-electron chi connectivity index (χ3n) is 5.94. The minimum Gasteiger partial charge on any atom is -0.516 e. The molecule has 10 heteroatoms. The standard InChI is InChI=1S/C29H25F4NO5/c1-17(7-8-35)39-27(36)13-21-12-22(30)5-6-26(21)37-15-19-10-23(20-4-2-3-18(9-20)14-34)28-24(11-19)25(16-38-28)29(31,32)33/h2-12,16-17,35H,13-15,34H2,1H3/b8-7+. The van der Waals surface area contributed by atoms with E-state index in [1.54, 1.807) is 30.3 Å². The molecule has 3 aromatic carbocycles. The maximum atomic E-state index is 14.0. The molecule has 1 aromatic heterocycles. The fourth-order valence-corrected chi connectivity index (χ4v) is 4.13. The first-order valence-corrected chi connectivity index (χ1v) is 11.9. The van der Waals surface area contributed by atoms with E-state index in [9.17, 15) is 22.4 Å². The van der Waals surface area contributed by atoms with E-state index in [2.05, 4.69) is 0 Å². The van der Waals surface area contributed by atoms with Gasteiger partial charge >= 0.3 is 12.1 Å². The van der Waals surface area contributed by atoms with Crippen LogP contribution in [-0.2, 0) is 35.3 Å². The van der Waals surface area contributed by atoms with Crippen molar-refractivity contribution in [2.75, 3.05) is 0 Å². The Bertz CT molecular complexity index is 1510. The molecule has 0 amide bonds. The molecule has 6 nitrogen and oxygen atoms in total. The minimum absolute atomic E-state index is 0.0662. The number of halogens is 4. The van der Waals surface area contributed by atoms with Gasteiger partial charge in [-0.05, 0) is 66.1 Å². The van der Waals surface area contributed by atoms with Gasteiger partial charge in [0.15, 0.2) is 0 Å². The van der Waals surface area contributed by atoms with Crippen molar-refractivity contribution in [2.24, 2.45) is 5.73 Å². The number of rotatable bonds is 9. The van der Waals surface area contributed by atoms with Gasteiger partial charge in [0.25, 0.3) is 0 Å². The quantitative estimate of drug-likeness (QED) is 0.136. The smallest absolute Gasteiger partial charge is 0.420 e. The van der Waals surface area contributed by atoms with Crippen LogP contribution in [0.1, 0.15) is 29.2 Å². The van der Waals surface area contributed by atoms with Crippen LogP contribution in [-0.4, -0.2) is 17.2 Å². The molecular weight excluding hydrogens is 518 g/mol. The molecule has 3 N–H and O–H groups in total. The van der Waals surface area contributed by atoms with E-state index in [1.807, 2.05) is 0 Å². The zero-order valence-electron chi connectivity index (χ0n) is 20.8. The summed E-state index contributed by atoms with van der Waals surface area (Å²) in [5, 5.41) is 8.68. The Morgan fingerprint density at radius 2 is 1.92 bits per heavy atom. The number of nitrogens with two attached hydrogens (primary N) is 1. The highest BCUT2D eigenvalue weighted by Gasteiger charge is 2.35. The fraction of sp³-hybridized carbons (Fsp3) is 0.207. The maximum absolute atomic E-state index is 14.0. The number of hydrogen-bond acceptors (Lipinski definition) is 6. The van der Waals surface area contributed by atoms with Gasteiger partial charge in [-0.15, -0.1) is 0 Å². The highest BCUT2D eigenvalue weighted by molar-refractivity contribution is 5.95. The molecule has 0 saturated heterocycles. The predicted octanol–water partition coefficient (Wildman–Crippen LogP) is 6.84. The molecule has 1 unspecified atom stereocenters. The van der Waals surface area contributed by atoms with Crippen molar-refractivity contribution < 1.29 is 41.4 Å². The van der Waals surface area contributed by atoms with Crippen LogP contribution in [0.15, 0.2) is 77.6 Å². The fourth-order valence-electron chi connectivity index (χ4n) is 4.13. The molecule has 4 rings (SSSR count). The lowest BCUT2D eigenvalue weighted by Gasteiger charge is -2.14. The van der Waals surface area contributed by atoms with Crippen LogP contribution < -0.4 is 10.5 Å². The normalized spacial score (nSPS) is 12.7. The van der Waals surface area contributed by atoms with Crippen molar-refractivity contribution in [3.8, 4) is 16.9 Å². The largest absolute Gasteiger partial charge is 0.516 e. The molecule has 0 radical (unpaired) electrons. The van der Waals surface area contributed by atoms with Gasteiger partial charge in [-0.1, -0.05) is 18.2 Å². The van der Waals surface area contributed by atoms with Gasteiger partial charge in [0.1, 0.15) is 41.7 Å². The number of esters is 1. The SMILES string of the molecule is CC(/C=C/O)OC(=O)Cc1cc(F)ccc1OCc1cc(-c2cccc(CN)c2)c2occ(C(F)(F)F)c2c1. The van der Waals surface area contributed by atoms with Crippen LogP contribution in [0.25, 0.3) is 22.1 Å². The number of furan rings is 1. The van der Waals surface area contributed by atoms with E-state index < -0.39 is 29.6 Å². The van der Waals surface area contributed by atoms with Crippen molar-refractivity contribution in [1.82, 2.24) is 0 Å². The second-order valence-corrected chi connectivity index (χ2v) is 8.83. The molecule has 204 valence electrons. The van der Waals surface area contributed by atoms with Crippen LogP contribution in [0.2, 0.25) is 0 Å². The van der Waals surface area contributed by atoms with Crippen molar-refractivity contribution in [1.29, 1.82) is 0 Å². The monoisotopic (exact) mass is 543 g/mol. The lowest BCUT2D eigenvalue weighted by molar-refractivity contribution is -0.145. The van der Waals surface area contributed by atoms with Crippen molar-refractivity contribution in [3.63, 3.8) is 0 Å². The van der Waals surface area contributed by atoms with E-state index in [1.165, 1.54) is 25.1 Å². The number of fused-ring (bicyclic) bond motifs is 1. The Balaban J connectivity index is 1.68. The highest BCUT2D eigenvalue weighted by Crippen LogP contribution is 2.40. The second-order valence-electron chi connectivity index (χ2n) is 8.83. The number of aliphatic hydroxyl groups excluding tert-OH is 1. The van der Waals surface area contributed by atoms with Gasteiger partial charge < -0.3 is 24.7 Å². The Kier molecular flexibility index (Phi) is 8.25. The van der Waals surface area contributed by atoms with Gasteiger partial charge in [-0.2, -0.15) is 13.2 Å². The summed E-state index contributed by atoms with van der Waals surface area (Å²) >= 11 is 0. The molecule has 4 aromatic rings. The number of ether oxygens (including phenoxy) is 2. The summed E-state index contributed by atoms with van der Waals surface area (Å²) in [6, 6.07) is 13.6. The van der Waals surface area contributed by atoms with E-state index in [0.29, 0.717) is 23.0 Å². The first-order chi connectivity index (χ1) is 18.6. The molecule has 0 saturated carbocycles. The van der Waals surface area contributed by atoms with E-state index >= 15 is 0 Å². The predicted molar refractivity (Wildman–Crippen MR) is 136 cm³/mol. The lowest BCUT2D eigenvalue weighted by atomic mass is 9.97. The minimum atomic E-state index is -4.64. The van der Waals surface area contributed by atoms with Crippen LogP contribution >= 0.6 is 0 Å². The van der Waals surface area contributed by atoms with Crippen LogP contribution in [0.5, 0.6) is 5.75 Å². The third-order valence-corrected chi connectivity index (χ3v) is 5.94. The highest BCUT2D eigenvalue weighted by atomic mass is 19.4. The number of alkyl halides is 3. The first kappa shape index (κ1) is 27.7. The zero-order chi connectivity index (χ0) is 28.2. The van der Waals surface area contributed by atoms with Crippen molar-refractivity contribution >= 4 is 16.9 Å². The maximum Gasteiger partial charge on any atom is 0.420 e. The number of carbonyl (C=O) groups excluding carboxylic acids is 1. The summed E-state index contributed by atoms with van der Waals surface area (Å²) in [6.07, 6.45) is -3.00. The molecule has 0 aliphatic rings. The Hall–Kier alpha value is -4.31. The topological polar surface area (TPSA) is 94.9 Å². The molecule has 1 heterocycles. The van der Waals surface area contributed by atoms with Crippen LogP contribution in [0.3, 0.4) is 0 Å². The molecule has 0 fully saturated rings. The average molecular weight is 544 g/mol. The summed E-state index contributed by atoms with van der Waals surface area (Å²) in [4.78, 5) is 12.3.